The third-order valence-electron chi connectivity index (χ3n) is 4.62. The van der Waals surface area contributed by atoms with Gasteiger partial charge in [-0.25, -0.2) is 0 Å². The monoisotopic (exact) mass is 393 g/mol. The highest BCUT2D eigenvalue weighted by molar-refractivity contribution is 9.10. The van der Waals surface area contributed by atoms with E-state index in [-0.39, 0.29) is 6.04 Å². The van der Waals surface area contributed by atoms with Gasteiger partial charge in [-0.05, 0) is 42.2 Å². The van der Waals surface area contributed by atoms with E-state index in [9.17, 15) is 0 Å². The molecule has 0 spiro atoms. The van der Waals surface area contributed by atoms with Crippen molar-refractivity contribution in [3.05, 3.63) is 74.2 Å². The lowest BCUT2D eigenvalue weighted by Gasteiger charge is -2.38. The van der Waals surface area contributed by atoms with E-state index < -0.39 is 0 Å². The van der Waals surface area contributed by atoms with Gasteiger partial charge in [0.05, 0.1) is 16.8 Å². The van der Waals surface area contributed by atoms with E-state index >= 15 is 0 Å². The fourth-order valence-electron chi connectivity index (χ4n) is 3.66. The first-order valence-corrected chi connectivity index (χ1v) is 8.86. The molecule has 0 aromatic heterocycles. The summed E-state index contributed by atoms with van der Waals surface area (Å²) in [4.78, 5) is 0. The lowest BCUT2D eigenvalue weighted by molar-refractivity contribution is 0.425. The number of rotatable bonds is 1. The van der Waals surface area contributed by atoms with E-state index in [1.807, 2.05) is 12.1 Å². The van der Waals surface area contributed by atoms with Crippen molar-refractivity contribution < 1.29 is 0 Å². The van der Waals surface area contributed by atoms with Crippen LogP contribution in [0, 0.1) is 5.92 Å². The highest BCUT2D eigenvalue weighted by atomic mass is 79.9. The Hall–Kier alpha value is -0.960. The lowest BCUT2D eigenvalue weighted by Crippen LogP contribution is -2.29. The fourth-order valence-corrected chi connectivity index (χ4v) is 4.58. The first kappa shape index (κ1) is 14.6. The number of hydrogen-bond acceptors (Lipinski definition) is 1. The summed E-state index contributed by atoms with van der Waals surface area (Å²) >= 11 is 16.5. The minimum absolute atomic E-state index is 0.237. The molecule has 2 aliphatic rings. The quantitative estimate of drug-likeness (QED) is 0.538. The molecule has 1 heterocycles. The molecular weight excluding hydrogens is 381 g/mol. The molecule has 2 aromatic carbocycles. The van der Waals surface area contributed by atoms with Crippen LogP contribution < -0.4 is 5.32 Å². The highest BCUT2D eigenvalue weighted by Crippen LogP contribution is 2.53. The predicted octanol–water partition coefficient (Wildman–Crippen LogP) is 6.58. The Kier molecular flexibility index (Phi) is 3.72. The van der Waals surface area contributed by atoms with Crippen molar-refractivity contribution in [2.45, 2.75) is 18.4 Å². The average molecular weight is 395 g/mol. The lowest BCUT2D eigenvalue weighted by atomic mass is 9.77. The van der Waals surface area contributed by atoms with Crippen LogP contribution in [0.15, 0.2) is 53.0 Å². The number of nitrogens with one attached hydrogen (secondary N) is 1. The maximum Gasteiger partial charge on any atom is 0.0641 e. The molecule has 4 rings (SSSR count). The van der Waals surface area contributed by atoms with Crippen LogP contribution in [-0.2, 0) is 0 Å². The van der Waals surface area contributed by atoms with Gasteiger partial charge in [0.15, 0.2) is 0 Å². The number of benzene rings is 2. The molecule has 1 N–H and O–H groups in total. The number of fused-ring (bicyclic) bond motifs is 3. The number of hydrogen-bond donors (Lipinski definition) is 1. The summed E-state index contributed by atoms with van der Waals surface area (Å²) in [5, 5.41) is 5.17. The maximum atomic E-state index is 6.46. The third kappa shape index (κ3) is 2.29. The Morgan fingerprint density at radius 2 is 1.91 bits per heavy atom. The van der Waals surface area contributed by atoms with Crippen LogP contribution in [0.5, 0.6) is 0 Å². The van der Waals surface area contributed by atoms with Gasteiger partial charge >= 0.3 is 0 Å². The standard InChI is InChI=1S/C18H14BrCl2N/c19-11-4-1-3-10(9-11)17-13-6-2-5-12(13)16-14(20)7-8-15(21)18(16)22-17/h1-5,7-9,12-13,17,22H,6H2/t12-,13+,17+/m1/s1. The summed E-state index contributed by atoms with van der Waals surface area (Å²) < 4.78 is 1.09. The van der Waals surface area contributed by atoms with Crippen LogP contribution in [-0.4, -0.2) is 0 Å². The molecule has 0 bridgehead atoms. The average Bonchev–Trinajstić information content (AvgIpc) is 2.99. The van der Waals surface area contributed by atoms with Crippen LogP contribution in [0.3, 0.4) is 0 Å². The van der Waals surface area contributed by atoms with E-state index in [0.29, 0.717) is 11.8 Å². The first-order valence-electron chi connectivity index (χ1n) is 7.31. The molecule has 1 aliphatic carbocycles. The van der Waals surface area contributed by atoms with E-state index in [0.717, 1.165) is 32.2 Å². The topological polar surface area (TPSA) is 12.0 Å². The number of halogens is 3. The first-order chi connectivity index (χ1) is 10.6. The van der Waals surface area contributed by atoms with Crippen molar-refractivity contribution in [2.24, 2.45) is 5.92 Å². The zero-order valence-electron chi connectivity index (χ0n) is 11.7. The maximum absolute atomic E-state index is 6.46. The summed E-state index contributed by atoms with van der Waals surface area (Å²) in [5.41, 5.74) is 3.39. The molecule has 0 saturated heterocycles. The van der Waals surface area contributed by atoms with Crippen LogP contribution in [0.1, 0.15) is 29.5 Å². The molecule has 1 nitrogen and oxygen atoms in total. The molecule has 0 amide bonds. The van der Waals surface area contributed by atoms with Gasteiger partial charge in [-0.15, -0.1) is 0 Å². The summed E-state index contributed by atoms with van der Waals surface area (Å²) in [5.74, 6) is 0.796. The van der Waals surface area contributed by atoms with Gasteiger partial charge in [0.25, 0.3) is 0 Å². The highest BCUT2D eigenvalue weighted by Gasteiger charge is 2.39. The van der Waals surface area contributed by atoms with E-state index in [1.165, 1.54) is 5.56 Å². The Morgan fingerprint density at radius 1 is 1.09 bits per heavy atom. The number of allylic oxidation sites excluding steroid dienone is 2. The second kappa shape index (κ2) is 5.59. The van der Waals surface area contributed by atoms with Gasteiger partial charge in [-0.1, -0.05) is 63.4 Å². The van der Waals surface area contributed by atoms with Crippen molar-refractivity contribution in [1.29, 1.82) is 0 Å². The predicted molar refractivity (Wildman–Crippen MR) is 97.0 cm³/mol. The fraction of sp³-hybridized carbons (Fsp3) is 0.222. The SMILES string of the molecule is Clc1ccc(Cl)c2c1N[C@@H](c1cccc(Br)c1)[C@H]1CC=C[C@@H]21. The van der Waals surface area contributed by atoms with Crippen molar-refractivity contribution in [3.8, 4) is 0 Å². The normalized spacial score (nSPS) is 25.5. The minimum Gasteiger partial charge on any atom is -0.376 e. The van der Waals surface area contributed by atoms with Gasteiger partial charge in [0.1, 0.15) is 0 Å². The molecule has 3 atom stereocenters. The van der Waals surface area contributed by atoms with Crippen LogP contribution in [0.2, 0.25) is 10.0 Å². The van der Waals surface area contributed by atoms with Crippen LogP contribution in [0.4, 0.5) is 5.69 Å². The van der Waals surface area contributed by atoms with Crippen molar-refractivity contribution in [3.63, 3.8) is 0 Å². The van der Waals surface area contributed by atoms with Gasteiger partial charge in [-0.2, -0.15) is 0 Å². The Balaban J connectivity index is 1.86. The molecule has 0 fully saturated rings. The molecule has 4 heteroatoms. The largest absolute Gasteiger partial charge is 0.376 e. The summed E-state index contributed by atoms with van der Waals surface area (Å²) in [6.45, 7) is 0. The van der Waals surface area contributed by atoms with E-state index in [1.54, 1.807) is 0 Å². The zero-order valence-corrected chi connectivity index (χ0v) is 14.8. The Bertz CT molecular complexity index is 772. The van der Waals surface area contributed by atoms with E-state index in [2.05, 4.69) is 57.7 Å². The van der Waals surface area contributed by atoms with Gasteiger partial charge in [0.2, 0.25) is 0 Å². The smallest absolute Gasteiger partial charge is 0.0641 e. The number of anilines is 1. The molecule has 0 saturated carbocycles. The van der Waals surface area contributed by atoms with Crippen LogP contribution >= 0.6 is 39.1 Å². The molecule has 1 aliphatic heterocycles. The zero-order chi connectivity index (χ0) is 15.3. The second-order valence-corrected chi connectivity index (χ2v) is 7.58. The Labute approximate surface area is 148 Å². The summed E-state index contributed by atoms with van der Waals surface area (Å²) in [6.07, 6.45) is 5.59. The molecule has 2 aromatic rings. The summed E-state index contributed by atoms with van der Waals surface area (Å²) in [7, 11) is 0. The molecule has 0 radical (unpaired) electrons. The van der Waals surface area contributed by atoms with Crippen molar-refractivity contribution >= 4 is 44.8 Å². The third-order valence-corrected chi connectivity index (χ3v) is 5.76. The second-order valence-electron chi connectivity index (χ2n) is 5.85. The molecule has 0 unspecified atom stereocenters. The van der Waals surface area contributed by atoms with Crippen molar-refractivity contribution in [1.82, 2.24) is 0 Å². The Morgan fingerprint density at radius 3 is 2.73 bits per heavy atom. The van der Waals surface area contributed by atoms with E-state index in [4.69, 9.17) is 23.2 Å². The summed E-state index contributed by atoms with van der Waals surface area (Å²) in [6, 6.07) is 12.5. The molecular formula is C18H14BrCl2N. The van der Waals surface area contributed by atoms with Crippen LogP contribution in [0.25, 0.3) is 0 Å². The molecule has 22 heavy (non-hydrogen) atoms. The van der Waals surface area contributed by atoms with Gasteiger partial charge in [-0.3, -0.25) is 0 Å². The van der Waals surface area contributed by atoms with Gasteiger partial charge in [0, 0.05) is 21.0 Å². The minimum atomic E-state index is 0.237. The van der Waals surface area contributed by atoms with Crippen molar-refractivity contribution in [2.75, 3.05) is 5.32 Å². The van der Waals surface area contributed by atoms with Gasteiger partial charge < -0.3 is 5.32 Å². The molecule has 112 valence electrons.